The first-order valence-corrected chi connectivity index (χ1v) is 8.67. The van der Waals surface area contributed by atoms with Crippen molar-refractivity contribution in [1.29, 1.82) is 0 Å². The molecule has 0 aliphatic rings. The SMILES string of the molecule is CC(C)Cc1ccc(C(Cl)c2cc(Br)cc(Br)c2)cc1. The molecule has 0 spiro atoms. The van der Waals surface area contributed by atoms with Gasteiger partial charge in [-0.05, 0) is 47.2 Å². The first kappa shape index (κ1) is 16.1. The molecule has 1 atom stereocenters. The summed E-state index contributed by atoms with van der Waals surface area (Å²) in [6.07, 6.45) is 1.11. The second-order valence-corrected chi connectivity index (χ2v) is 7.67. The molecule has 0 saturated heterocycles. The summed E-state index contributed by atoms with van der Waals surface area (Å²) < 4.78 is 2.06. The minimum absolute atomic E-state index is 0.128. The molecule has 0 aliphatic heterocycles. The zero-order valence-electron chi connectivity index (χ0n) is 11.5. The summed E-state index contributed by atoms with van der Waals surface area (Å²) in [5.74, 6) is 0.675. The highest BCUT2D eigenvalue weighted by Crippen LogP contribution is 2.32. The topological polar surface area (TPSA) is 0 Å². The zero-order valence-corrected chi connectivity index (χ0v) is 15.5. The van der Waals surface area contributed by atoms with Gasteiger partial charge < -0.3 is 0 Å². The van der Waals surface area contributed by atoms with Gasteiger partial charge in [-0.15, -0.1) is 11.6 Å². The van der Waals surface area contributed by atoms with Crippen molar-refractivity contribution in [2.24, 2.45) is 5.92 Å². The molecule has 0 radical (unpaired) electrons. The number of halogens is 3. The maximum absolute atomic E-state index is 6.59. The fraction of sp³-hybridized carbons (Fsp3) is 0.294. The molecule has 106 valence electrons. The standard InChI is InChI=1S/C17H17Br2Cl/c1-11(2)7-12-3-5-13(6-4-12)17(20)14-8-15(18)10-16(19)9-14/h3-6,8-11,17H,7H2,1-2H3. The summed E-state index contributed by atoms with van der Waals surface area (Å²) >= 11 is 13.6. The van der Waals surface area contributed by atoms with Gasteiger partial charge in [0.1, 0.15) is 0 Å². The van der Waals surface area contributed by atoms with Crippen molar-refractivity contribution in [2.45, 2.75) is 25.6 Å². The minimum Gasteiger partial charge on any atom is -0.113 e. The third-order valence-corrected chi connectivity index (χ3v) is 4.51. The highest BCUT2D eigenvalue weighted by molar-refractivity contribution is 9.11. The van der Waals surface area contributed by atoms with Crippen molar-refractivity contribution in [3.05, 3.63) is 68.1 Å². The van der Waals surface area contributed by atoms with Crippen LogP contribution in [0.5, 0.6) is 0 Å². The molecule has 0 aliphatic carbocycles. The van der Waals surface area contributed by atoms with Gasteiger partial charge in [0.05, 0.1) is 5.38 Å². The van der Waals surface area contributed by atoms with Gasteiger partial charge in [-0.2, -0.15) is 0 Å². The second kappa shape index (κ2) is 7.11. The van der Waals surface area contributed by atoms with Crippen LogP contribution >= 0.6 is 43.5 Å². The largest absolute Gasteiger partial charge is 0.113 e. The van der Waals surface area contributed by atoms with Gasteiger partial charge in [0.15, 0.2) is 0 Å². The van der Waals surface area contributed by atoms with Crippen LogP contribution in [-0.2, 0) is 6.42 Å². The van der Waals surface area contributed by atoms with E-state index in [1.807, 2.05) is 6.07 Å². The van der Waals surface area contributed by atoms with Crippen molar-refractivity contribution in [3.63, 3.8) is 0 Å². The summed E-state index contributed by atoms with van der Waals surface area (Å²) in [7, 11) is 0. The van der Waals surface area contributed by atoms with E-state index in [-0.39, 0.29) is 5.38 Å². The Bertz CT molecular complexity index is 556. The molecule has 2 aromatic rings. The van der Waals surface area contributed by atoms with Gasteiger partial charge in [-0.3, -0.25) is 0 Å². The Balaban J connectivity index is 2.22. The maximum Gasteiger partial charge on any atom is 0.0836 e. The molecular formula is C17H17Br2Cl. The zero-order chi connectivity index (χ0) is 14.7. The number of hydrogen-bond donors (Lipinski definition) is 0. The molecule has 0 amide bonds. The minimum atomic E-state index is -0.128. The Morgan fingerprint density at radius 1 is 0.900 bits per heavy atom. The number of alkyl halides is 1. The number of hydrogen-bond acceptors (Lipinski definition) is 0. The van der Waals surface area contributed by atoms with E-state index in [1.54, 1.807) is 0 Å². The van der Waals surface area contributed by atoms with Crippen LogP contribution in [-0.4, -0.2) is 0 Å². The molecule has 0 nitrogen and oxygen atoms in total. The highest BCUT2D eigenvalue weighted by Gasteiger charge is 2.12. The van der Waals surface area contributed by atoms with Crippen LogP contribution in [0.3, 0.4) is 0 Å². The monoisotopic (exact) mass is 414 g/mol. The first-order chi connectivity index (χ1) is 9.45. The second-order valence-electron chi connectivity index (χ2n) is 5.40. The quantitative estimate of drug-likeness (QED) is 0.484. The summed E-state index contributed by atoms with van der Waals surface area (Å²) in [5.41, 5.74) is 3.58. The Kier molecular flexibility index (Phi) is 5.71. The summed E-state index contributed by atoms with van der Waals surface area (Å²) in [6.45, 7) is 4.47. The lowest BCUT2D eigenvalue weighted by Gasteiger charge is -2.13. The molecule has 0 saturated carbocycles. The van der Waals surface area contributed by atoms with Gasteiger partial charge in [0.2, 0.25) is 0 Å². The molecule has 0 fully saturated rings. The van der Waals surface area contributed by atoms with E-state index in [4.69, 9.17) is 11.6 Å². The van der Waals surface area contributed by atoms with E-state index >= 15 is 0 Å². The van der Waals surface area contributed by atoms with E-state index in [2.05, 4.69) is 82.1 Å². The van der Waals surface area contributed by atoms with Crippen molar-refractivity contribution >= 4 is 43.5 Å². The Morgan fingerprint density at radius 3 is 1.95 bits per heavy atom. The maximum atomic E-state index is 6.59. The Hall–Kier alpha value is -0.310. The molecule has 2 rings (SSSR count). The van der Waals surface area contributed by atoms with E-state index in [0.717, 1.165) is 26.5 Å². The third-order valence-electron chi connectivity index (χ3n) is 3.09. The summed E-state index contributed by atoms with van der Waals surface area (Å²) in [4.78, 5) is 0. The average molecular weight is 417 g/mol. The molecule has 1 unspecified atom stereocenters. The van der Waals surface area contributed by atoms with Crippen LogP contribution in [0.4, 0.5) is 0 Å². The van der Waals surface area contributed by atoms with Crippen LogP contribution in [0.25, 0.3) is 0 Å². The van der Waals surface area contributed by atoms with Crippen LogP contribution in [0.15, 0.2) is 51.4 Å². The molecule has 2 aromatic carbocycles. The van der Waals surface area contributed by atoms with E-state index < -0.39 is 0 Å². The smallest absolute Gasteiger partial charge is 0.0836 e. The van der Waals surface area contributed by atoms with E-state index in [1.165, 1.54) is 5.56 Å². The fourth-order valence-electron chi connectivity index (χ4n) is 2.21. The molecule has 20 heavy (non-hydrogen) atoms. The average Bonchev–Trinajstić information content (AvgIpc) is 2.37. The third kappa shape index (κ3) is 4.34. The van der Waals surface area contributed by atoms with Crippen LogP contribution in [0.2, 0.25) is 0 Å². The van der Waals surface area contributed by atoms with Gasteiger partial charge >= 0.3 is 0 Å². The highest BCUT2D eigenvalue weighted by atomic mass is 79.9. The predicted octanol–water partition coefficient (Wildman–Crippen LogP) is 6.74. The molecule has 3 heteroatoms. The number of benzene rings is 2. The van der Waals surface area contributed by atoms with Crippen molar-refractivity contribution < 1.29 is 0 Å². The first-order valence-electron chi connectivity index (χ1n) is 6.64. The lowest BCUT2D eigenvalue weighted by Crippen LogP contribution is -1.97. The van der Waals surface area contributed by atoms with E-state index in [9.17, 15) is 0 Å². The van der Waals surface area contributed by atoms with Crippen molar-refractivity contribution in [2.75, 3.05) is 0 Å². The van der Waals surface area contributed by atoms with Crippen molar-refractivity contribution in [3.8, 4) is 0 Å². The van der Waals surface area contributed by atoms with Gasteiger partial charge in [0.25, 0.3) is 0 Å². The van der Waals surface area contributed by atoms with Gasteiger partial charge in [0, 0.05) is 8.95 Å². The molecule has 0 N–H and O–H groups in total. The van der Waals surface area contributed by atoms with E-state index in [0.29, 0.717) is 5.92 Å². The molecule has 0 heterocycles. The van der Waals surface area contributed by atoms with Crippen LogP contribution in [0.1, 0.15) is 35.9 Å². The molecular weight excluding hydrogens is 399 g/mol. The molecule has 0 bridgehead atoms. The lowest BCUT2D eigenvalue weighted by atomic mass is 9.99. The molecule has 0 aromatic heterocycles. The van der Waals surface area contributed by atoms with Crippen LogP contribution < -0.4 is 0 Å². The predicted molar refractivity (Wildman–Crippen MR) is 94.5 cm³/mol. The van der Waals surface area contributed by atoms with Gasteiger partial charge in [-0.1, -0.05) is 70.0 Å². The summed E-state index contributed by atoms with van der Waals surface area (Å²) in [6, 6.07) is 14.7. The van der Waals surface area contributed by atoms with Gasteiger partial charge in [-0.25, -0.2) is 0 Å². The van der Waals surface area contributed by atoms with Crippen LogP contribution in [0, 0.1) is 5.92 Å². The normalized spacial score (nSPS) is 12.7. The lowest BCUT2D eigenvalue weighted by molar-refractivity contribution is 0.647. The fourth-order valence-corrected chi connectivity index (χ4v) is 3.81. The number of rotatable bonds is 4. The Morgan fingerprint density at radius 2 is 1.45 bits per heavy atom. The summed E-state index contributed by atoms with van der Waals surface area (Å²) in [5, 5.41) is -0.128. The Labute approximate surface area is 142 Å². The van der Waals surface area contributed by atoms with Crippen molar-refractivity contribution in [1.82, 2.24) is 0 Å².